The lowest BCUT2D eigenvalue weighted by atomic mass is 9.62. The second-order valence-corrected chi connectivity index (χ2v) is 12.6. The predicted octanol–water partition coefficient (Wildman–Crippen LogP) is 9.51. The van der Waals surface area contributed by atoms with Crippen molar-refractivity contribution in [1.82, 2.24) is 0 Å². The number of ether oxygens (including phenoxy) is 1. The topological polar surface area (TPSA) is 26.3 Å². The molecule has 0 unspecified atom stereocenters. The molecule has 2 nitrogen and oxygen atoms in total. The SMILES string of the molecule is CC1=C(/C=C/C2=CCC[C@]3(C)[C@@H]([C@H](C)/C=C/[C@H](C)C(C)C)CC[C@@H]23)C[C@@H](OC(=O)c2ccccc2)CC1. The van der Waals surface area contributed by atoms with Crippen LogP contribution in [0.15, 0.2) is 77.4 Å². The molecule has 0 aliphatic heterocycles. The number of fused-ring (bicyclic) bond motifs is 1. The fraction of sp³-hybridized carbons (Fsp3) is 0.571. The van der Waals surface area contributed by atoms with Crippen LogP contribution in [0.4, 0.5) is 0 Å². The smallest absolute Gasteiger partial charge is 0.338 e. The van der Waals surface area contributed by atoms with Gasteiger partial charge in [-0.15, -0.1) is 0 Å². The molecule has 0 amide bonds. The minimum atomic E-state index is -0.206. The summed E-state index contributed by atoms with van der Waals surface area (Å²) in [5.74, 6) is 3.16. The van der Waals surface area contributed by atoms with Crippen molar-refractivity contribution < 1.29 is 9.53 Å². The van der Waals surface area contributed by atoms with Crippen LogP contribution in [0.5, 0.6) is 0 Å². The molecule has 6 atom stereocenters. The molecule has 0 saturated heterocycles. The molecule has 3 aliphatic carbocycles. The minimum absolute atomic E-state index is 0.0432. The van der Waals surface area contributed by atoms with Crippen molar-refractivity contribution >= 4 is 5.97 Å². The Labute approximate surface area is 226 Å². The first kappa shape index (κ1) is 27.7. The third-order valence-electron chi connectivity index (χ3n) is 9.88. The molecule has 200 valence electrons. The van der Waals surface area contributed by atoms with E-state index in [0.29, 0.717) is 34.7 Å². The molecule has 0 N–H and O–H groups in total. The first-order valence-corrected chi connectivity index (χ1v) is 14.7. The molecule has 1 aromatic rings. The van der Waals surface area contributed by atoms with Crippen LogP contribution in [0.1, 0.15) is 96.8 Å². The van der Waals surface area contributed by atoms with Crippen LogP contribution in [0.25, 0.3) is 0 Å². The van der Waals surface area contributed by atoms with Crippen molar-refractivity contribution in [2.75, 3.05) is 0 Å². The zero-order valence-corrected chi connectivity index (χ0v) is 24.0. The highest BCUT2D eigenvalue weighted by Crippen LogP contribution is 2.58. The zero-order valence-electron chi connectivity index (χ0n) is 24.0. The second-order valence-electron chi connectivity index (χ2n) is 12.6. The molecule has 3 aliphatic rings. The fourth-order valence-electron chi connectivity index (χ4n) is 6.98. The fourth-order valence-corrected chi connectivity index (χ4v) is 6.98. The van der Waals surface area contributed by atoms with E-state index in [1.165, 1.54) is 42.4 Å². The van der Waals surface area contributed by atoms with Gasteiger partial charge in [0, 0.05) is 6.42 Å². The number of esters is 1. The van der Waals surface area contributed by atoms with Gasteiger partial charge in [0.15, 0.2) is 0 Å². The number of rotatable bonds is 8. The van der Waals surface area contributed by atoms with Crippen LogP contribution in [0.3, 0.4) is 0 Å². The van der Waals surface area contributed by atoms with Crippen molar-refractivity contribution in [2.45, 2.75) is 92.6 Å². The first-order valence-electron chi connectivity index (χ1n) is 14.7. The Kier molecular flexibility index (Phi) is 8.98. The minimum Gasteiger partial charge on any atom is -0.458 e. The third-order valence-corrected chi connectivity index (χ3v) is 9.88. The van der Waals surface area contributed by atoms with Crippen molar-refractivity contribution in [3.63, 3.8) is 0 Å². The number of hydrogen-bond donors (Lipinski definition) is 0. The highest BCUT2D eigenvalue weighted by atomic mass is 16.5. The van der Waals surface area contributed by atoms with Crippen molar-refractivity contribution in [3.8, 4) is 0 Å². The molecular formula is C35H48O2. The van der Waals surface area contributed by atoms with E-state index < -0.39 is 0 Å². The average Bonchev–Trinajstić information content (AvgIpc) is 3.25. The molecule has 1 fully saturated rings. The molecule has 0 heterocycles. The van der Waals surface area contributed by atoms with E-state index in [1.54, 1.807) is 0 Å². The van der Waals surface area contributed by atoms with Gasteiger partial charge in [-0.2, -0.15) is 0 Å². The van der Waals surface area contributed by atoms with Gasteiger partial charge in [-0.1, -0.05) is 88.8 Å². The number of allylic oxidation sites excluding steroid dienone is 7. The van der Waals surface area contributed by atoms with Crippen LogP contribution in [-0.4, -0.2) is 12.1 Å². The number of carbonyl (C=O) groups is 1. The number of benzene rings is 1. The molecule has 1 saturated carbocycles. The molecule has 0 spiro atoms. The maximum absolute atomic E-state index is 12.6. The van der Waals surface area contributed by atoms with Crippen molar-refractivity contribution in [2.24, 2.45) is 35.0 Å². The number of hydrogen-bond acceptors (Lipinski definition) is 2. The Morgan fingerprint density at radius 1 is 1.03 bits per heavy atom. The molecule has 0 aromatic heterocycles. The lowest BCUT2D eigenvalue weighted by Crippen LogP contribution is -2.34. The van der Waals surface area contributed by atoms with Gasteiger partial charge in [-0.25, -0.2) is 4.79 Å². The van der Waals surface area contributed by atoms with Gasteiger partial charge in [-0.3, -0.25) is 0 Å². The van der Waals surface area contributed by atoms with E-state index in [9.17, 15) is 4.79 Å². The summed E-state index contributed by atoms with van der Waals surface area (Å²) < 4.78 is 5.90. The van der Waals surface area contributed by atoms with E-state index in [2.05, 4.69) is 71.9 Å². The largest absolute Gasteiger partial charge is 0.458 e. The summed E-state index contributed by atoms with van der Waals surface area (Å²) in [7, 11) is 0. The highest BCUT2D eigenvalue weighted by Gasteiger charge is 2.49. The van der Waals surface area contributed by atoms with E-state index in [0.717, 1.165) is 25.2 Å². The van der Waals surface area contributed by atoms with Crippen LogP contribution in [-0.2, 0) is 4.74 Å². The van der Waals surface area contributed by atoms with Crippen molar-refractivity contribution in [3.05, 3.63) is 83.0 Å². The average molecular weight is 501 g/mol. The molecular weight excluding hydrogens is 452 g/mol. The van der Waals surface area contributed by atoms with Gasteiger partial charge in [0.2, 0.25) is 0 Å². The number of carbonyl (C=O) groups excluding carboxylic acids is 1. The summed E-state index contributed by atoms with van der Waals surface area (Å²) in [6.45, 7) is 14.2. The van der Waals surface area contributed by atoms with Crippen LogP contribution in [0, 0.1) is 35.0 Å². The van der Waals surface area contributed by atoms with Crippen molar-refractivity contribution in [1.29, 1.82) is 0 Å². The maximum Gasteiger partial charge on any atom is 0.338 e. The summed E-state index contributed by atoms with van der Waals surface area (Å²) in [5, 5.41) is 0. The second kappa shape index (κ2) is 12.0. The Bertz CT molecular complexity index is 1060. The molecule has 37 heavy (non-hydrogen) atoms. The monoisotopic (exact) mass is 500 g/mol. The molecule has 1 aromatic carbocycles. The quantitative estimate of drug-likeness (QED) is 0.262. The highest BCUT2D eigenvalue weighted by molar-refractivity contribution is 5.89. The van der Waals surface area contributed by atoms with Gasteiger partial charge in [-0.05, 0) is 104 Å². The normalized spacial score (nSPS) is 30.0. The van der Waals surface area contributed by atoms with E-state index in [4.69, 9.17) is 4.74 Å². The van der Waals surface area contributed by atoms with Gasteiger partial charge in [0.1, 0.15) is 6.10 Å². The van der Waals surface area contributed by atoms with Crippen LogP contribution >= 0.6 is 0 Å². The third kappa shape index (κ3) is 6.39. The lowest BCUT2D eigenvalue weighted by molar-refractivity contribution is 0.0273. The molecule has 0 bridgehead atoms. The Hall–Kier alpha value is -2.35. The van der Waals surface area contributed by atoms with Crippen LogP contribution in [0.2, 0.25) is 0 Å². The van der Waals surface area contributed by atoms with Crippen LogP contribution < -0.4 is 0 Å². The Balaban J connectivity index is 1.41. The van der Waals surface area contributed by atoms with E-state index in [1.807, 2.05) is 30.3 Å². The zero-order chi connectivity index (χ0) is 26.6. The summed E-state index contributed by atoms with van der Waals surface area (Å²) in [6.07, 6.45) is 20.0. The van der Waals surface area contributed by atoms with Gasteiger partial charge < -0.3 is 4.74 Å². The Morgan fingerprint density at radius 2 is 1.78 bits per heavy atom. The van der Waals surface area contributed by atoms with Gasteiger partial charge in [0.05, 0.1) is 5.56 Å². The first-order chi connectivity index (χ1) is 17.7. The standard InChI is InChI=1S/C35H48O2/c1-24(2)25(3)14-15-27(5)32-20-21-33-28(13-10-22-35(32,33)6)17-18-30-23-31(19-16-26(30)4)37-34(36)29-11-8-7-9-12-29/h7-9,11-15,17-18,24-25,27,31-33H,10,16,19-23H2,1-6H3/b15-14+,18-17+/t25-,27+,31-,32+,33-,35+/m0/s1. The Morgan fingerprint density at radius 3 is 2.51 bits per heavy atom. The summed E-state index contributed by atoms with van der Waals surface area (Å²) in [6, 6.07) is 9.36. The summed E-state index contributed by atoms with van der Waals surface area (Å²) >= 11 is 0. The van der Waals surface area contributed by atoms with E-state index in [-0.39, 0.29) is 12.1 Å². The summed E-state index contributed by atoms with van der Waals surface area (Å²) in [5.41, 5.74) is 5.33. The molecule has 4 rings (SSSR count). The molecule has 0 radical (unpaired) electrons. The van der Waals surface area contributed by atoms with E-state index >= 15 is 0 Å². The summed E-state index contributed by atoms with van der Waals surface area (Å²) in [4.78, 5) is 12.6. The molecule has 2 heteroatoms. The van der Waals surface area contributed by atoms with Gasteiger partial charge >= 0.3 is 5.97 Å². The lowest BCUT2D eigenvalue weighted by Gasteiger charge is -2.42. The maximum atomic E-state index is 12.6. The predicted molar refractivity (Wildman–Crippen MR) is 155 cm³/mol. The van der Waals surface area contributed by atoms with Gasteiger partial charge in [0.25, 0.3) is 0 Å².